The number of benzene rings is 2. The molecule has 25 heavy (non-hydrogen) atoms. The third-order valence-corrected chi connectivity index (χ3v) is 4.49. The highest BCUT2D eigenvalue weighted by atomic mass is 32.1. The number of hydrogen-bond acceptors (Lipinski definition) is 4. The van der Waals surface area contributed by atoms with Crippen molar-refractivity contribution in [2.24, 2.45) is 0 Å². The molecule has 1 N–H and O–H groups in total. The Hall–Kier alpha value is -3.25. The topological polar surface area (TPSA) is 64.0 Å². The fourth-order valence-corrected chi connectivity index (χ4v) is 3.21. The summed E-state index contributed by atoms with van der Waals surface area (Å²) in [6.07, 6.45) is 0. The Kier molecular flexibility index (Phi) is 3.87. The molecule has 0 fully saturated rings. The SMILES string of the molecule is O=C(Nn1c(-c2ccsc2)nc2ccccc2c1=O)c1ccccc1. The van der Waals surface area contributed by atoms with Gasteiger partial charge in [-0.2, -0.15) is 16.0 Å². The summed E-state index contributed by atoms with van der Waals surface area (Å²) in [5, 5.41) is 4.25. The Balaban J connectivity index is 1.89. The van der Waals surface area contributed by atoms with Gasteiger partial charge in [-0.05, 0) is 35.7 Å². The molecule has 0 saturated heterocycles. The highest BCUT2D eigenvalue weighted by Gasteiger charge is 2.15. The molecule has 0 unspecified atom stereocenters. The number of amides is 1. The first-order valence-corrected chi connectivity index (χ1v) is 8.59. The molecule has 0 spiro atoms. The van der Waals surface area contributed by atoms with E-state index in [4.69, 9.17) is 0 Å². The molecule has 4 aromatic rings. The van der Waals surface area contributed by atoms with Crippen LogP contribution in [0.2, 0.25) is 0 Å². The minimum atomic E-state index is -0.365. The van der Waals surface area contributed by atoms with E-state index in [1.807, 2.05) is 29.0 Å². The lowest BCUT2D eigenvalue weighted by atomic mass is 10.2. The summed E-state index contributed by atoms with van der Waals surface area (Å²) in [6.45, 7) is 0. The predicted octanol–water partition coefficient (Wildman–Crippen LogP) is 3.51. The third kappa shape index (κ3) is 2.83. The summed E-state index contributed by atoms with van der Waals surface area (Å²) in [4.78, 5) is 30.0. The zero-order valence-corrected chi connectivity index (χ0v) is 13.9. The van der Waals surface area contributed by atoms with Crippen LogP contribution in [0.4, 0.5) is 0 Å². The van der Waals surface area contributed by atoms with Gasteiger partial charge in [-0.25, -0.2) is 4.98 Å². The van der Waals surface area contributed by atoms with Crippen LogP contribution in [-0.2, 0) is 0 Å². The molecule has 0 aliphatic heterocycles. The standard InChI is InChI=1S/C19H13N3O2S/c23-18(13-6-2-1-3-7-13)21-22-17(14-10-11-25-12-14)20-16-9-5-4-8-15(16)19(22)24/h1-12H,(H,21,23). The molecule has 2 heterocycles. The zero-order chi connectivity index (χ0) is 17.2. The van der Waals surface area contributed by atoms with E-state index in [2.05, 4.69) is 10.4 Å². The van der Waals surface area contributed by atoms with Crippen molar-refractivity contribution in [2.75, 3.05) is 5.43 Å². The second-order valence-corrected chi connectivity index (χ2v) is 6.19. The quantitative estimate of drug-likeness (QED) is 0.617. The van der Waals surface area contributed by atoms with E-state index in [9.17, 15) is 9.59 Å². The van der Waals surface area contributed by atoms with Gasteiger partial charge >= 0.3 is 0 Å². The lowest BCUT2D eigenvalue weighted by molar-refractivity contribution is 0.101. The van der Waals surface area contributed by atoms with Gasteiger partial charge in [0.25, 0.3) is 11.5 Å². The second-order valence-electron chi connectivity index (χ2n) is 5.41. The van der Waals surface area contributed by atoms with Crippen molar-refractivity contribution in [3.8, 4) is 11.4 Å². The molecule has 122 valence electrons. The van der Waals surface area contributed by atoms with Gasteiger partial charge in [0, 0.05) is 16.5 Å². The smallest absolute Gasteiger partial charge is 0.267 e. The summed E-state index contributed by atoms with van der Waals surface area (Å²) in [6, 6.07) is 17.7. The predicted molar refractivity (Wildman–Crippen MR) is 99.4 cm³/mol. The first-order valence-electron chi connectivity index (χ1n) is 7.65. The van der Waals surface area contributed by atoms with E-state index in [0.29, 0.717) is 22.3 Å². The minimum Gasteiger partial charge on any atom is -0.267 e. The van der Waals surface area contributed by atoms with E-state index < -0.39 is 0 Å². The van der Waals surface area contributed by atoms with Crippen molar-refractivity contribution >= 4 is 28.1 Å². The van der Waals surface area contributed by atoms with E-state index in [-0.39, 0.29) is 11.5 Å². The number of rotatable bonds is 3. The van der Waals surface area contributed by atoms with Gasteiger partial charge < -0.3 is 0 Å². The highest BCUT2D eigenvalue weighted by molar-refractivity contribution is 7.08. The molecule has 0 radical (unpaired) electrons. The Morgan fingerprint density at radius 3 is 2.52 bits per heavy atom. The van der Waals surface area contributed by atoms with E-state index in [0.717, 1.165) is 5.56 Å². The fraction of sp³-hybridized carbons (Fsp3) is 0. The van der Waals surface area contributed by atoms with Crippen molar-refractivity contribution < 1.29 is 4.79 Å². The van der Waals surface area contributed by atoms with Crippen molar-refractivity contribution in [3.05, 3.63) is 87.3 Å². The molecule has 5 nitrogen and oxygen atoms in total. The molecule has 1 amide bonds. The maximum Gasteiger partial charge on any atom is 0.280 e. The average Bonchev–Trinajstić information content (AvgIpc) is 3.19. The van der Waals surface area contributed by atoms with E-state index >= 15 is 0 Å². The summed E-state index contributed by atoms with van der Waals surface area (Å²) < 4.78 is 1.22. The van der Waals surface area contributed by atoms with Crippen LogP contribution in [0.15, 0.2) is 76.2 Å². The minimum absolute atomic E-state index is 0.309. The van der Waals surface area contributed by atoms with E-state index in [1.165, 1.54) is 16.0 Å². The van der Waals surface area contributed by atoms with Gasteiger partial charge in [0.05, 0.1) is 10.9 Å². The van der Waals surface area contributed by atoms with Gasteiger partial charge in [-0.15, -0.1) is 0 Å². The Morgan fingerprint density at radius 2 is 1.76 bits per heavy atom. The third-order valence-electron chi connectivity index (χ3n) is 3.80. The Bertz CT molecular complexity index is 1100. The summed E-state index contributed by atoms with van der Waals surface area (Å²) in [7, 11) is 0. The fourth-order valence-electron chi connectivity index (χ4n) is 2.58. The van der Waals surface area contributed by atoms with Crippen LogP contribution in [0.1, 0.15) is 10.4 Å². The first kappa shape index (κ1) is 15.3. The Labute approximate surface area is 147 Å². The number of carbonyl (C=O) groups excluding carboxylic acids is 1. The van der Waals surface area contributed by atoms with Gasteiger partial charge in [0.2, 0.25) is 0 Å². The molecular weight excluding hydrogens is 334 g/mol. The highest BCUT2D eigenvalue weighted by Crippen LogP contribution is 2.20. The van der Waals surface area contributed by atoms with Crippen LogP contribution in [0, 0.1) is 0 Å². The van der Waals surface area contributed by atoms with Crippen molar-refractivity contribution in [1.29, 1.82) is 0 Å². The van der Waals surface area contributed by atoms with Crippen LogP contribution in [-0.4, -0.2) is 15.6 Å². The number of thiophene rings is 1. The van der Waals surface area contributed by atoms with Crippen molar-refractivity contribution in [2.45, 2.75) is 0 Å². The van der Waals surface area contributed by atoms with Crippen LogP contribution in [0.3, 0.4) is 0 Å². The molecule has 0 aliphatic rings. The number of fused-ring (bicyclic) bond motifs is 1. The van der Waals surface area contributed by atoms with Crippen molar-refractivity contribution in [1.82, 2.24) is 9.66 Å². The van der Waals surface area contributed by atoms with Crippen LogP contribution < -0.4 is 11.0 Å². The van der Waals surface area contributed by atoms with Gasteiger partial charge in [0.15, 0.2) is 5.82 Å². The molecule has 0 bridgehead atoms. The van der Waals surface area contributed by atoms with Crippen molar-refractivity contribution in [3.63, 3.8) is 0 Å². The number of carbonyl (C=O) groups is 1. The molecule has 0 saturated carbocycles. The molecular formula is C19H13N3O2S. The van der Waals surface area contributed by atoms with Crippen LogP contribution >= 0.6 is 11.3 Å². The first-order chi connectivity index (χ1) is 12.2. The molecule has 2 aromatic heterocycles. The number of para-hydroxylation sites is 1. The van der Waals surface area contributed by atoms with Gasteiger partial charge in [-0.1, -0.05) is 30.3 Å². The summed E-state index contributed by atoms with van der Waals surface area (Å²) in [5.41, 5.74) is 4.22. The maximum atomic E-state index is 12.9. The lowest BCUT2D eigenvalue weighted by Crippen LogP contribution is -2.35. The van der Waals surface area contributed by atoms with E-state index in [1.54, 1.807) is 42.5 Å². The average molecular weight is 347 g/mol. The molecule has 0 aliphatic carbocycles. The van der Waals surface area contributed by atoms with Crippen LogP contribution in [0.25, 0.3) is 22.3 Å². The van der Waals surface area contributed by atoms with Gasteiger partial charge in [-0.3, -0.25) is 15.0 Å². The summed E-state index contributed by atoms with van der Waals surface area (Å²) in [5.74, 6) is 0.0468. The molecule has 2 aromatic carbocycles. The largest absolute Gasteiger partial charge is 0.280 e. The lowest BCUT2D eigenvalue weighted by Gasteiger charge is -2.13. The molecule has 0 atom stereocenters. The summed E-state index contributed by atoms with van der Waals surface area (Å²) >= 11 is 1.50. The van der Waals surface area contributed by atoms with Gasteiger partial charge in [0.1, 0.15) is 0 Å². The zero-order valence-electron chi connectivity index (χ0n) is 13.0. The monoisotopic (exact) mass is 347 g/mol. The molecule has 4 rings (SSSR count). The molecule has 6 heteroatoms. The Morgan fingerprint density at radius 1 is 1.00 bits per heavy atom. The maximum absolute atomic E-state index is 12.9. The number of hydrogen-bond donors (Lipinski definition) is 1. The number of aromatic nitrogens is 2. The number of nitrogens with one attached hydrogen (secondary N) is 1. The normalized spacial score (nSPS) is 10.7. The van der Waals surface area contributed by atoms with Crippen LogP contribution in [0.5, 0.6) is 0 Å². The second kappa shape index (κ2) is 6.33. The number of nitrogens with zero attached hydrogens (tertiary/aromatic N) is 2.